The van der Waals surface area contributed by atoms with E-state index in [1.54, 1.807) is 24.4 Å². The second-order valence-corrected chi connectivity index (χ2v) is 10.7. The third kappa shape index (κ3) is 5.06. The van der Waals surface area contributed by atoms with Crippen molar-refractivity contribution in [2.45, 2.75) is 21.9 Å². The molecule has 40 heavy (non-hydrogen) atoms. The van der Waals surface area contributed by atoms with E-state index in [1.807, 2.05) is 71.4 Å². The third-order valence-corrected chi connectivity index (χ3v) is 8.00. The van der Waals surface area contributed by atoms with Crippen LogP contribution in [0.25, 0.3) is 5.69 Å². The Hall–Kier alpha value is -4.54. The van der Waals surface area contributed by atoms with Crippen molar-refractivity contribution in [3.05, 3.63) is 143 Å². The van der Waals surface area contributed by atoms with Gasteiger partial charge in [0.05, 0.1) is 16.7 Å². The van der Waals surface area contributed by atoms with Crippen LogP contribution in [0.2, 0.25) is 0 Å². The summed E-state index contributed by atoms with van der Waals surface area (Å²) in [6.07, 6.45) is 3.68. The van der Waals surface area contributed by atoms with E-state index >= 15 is 0 Å². The fourth-order valence-electron chi connectivity index (χ4n) is 4.88. The molecule has 0 unspecified atom stereocenters. The lowest BCUT2D eigenvalue weighted by Gasteiger charge is -2.29. The Morgan fingerprint density at radius 3 is 2.33 bits per heavy atom. The van der Waals surface area contributed by atoms with Crippen LogP contribution in [0.3, 0.4) is 0 Å². The molecule has 2 aromatic heterocycles. The van der Waals surface area contributed by atoms with E-state index in [0.29, 0.717) is 10.8 Å². The minimum absolute atomic E-state index is 0.0613. The minimum atomic E-state index is -0.407. The van der Waals surface area contributed by atoms with Crippen molar-refractivity contribution < 1.29 is 9.31 Å². The van der Waals surface area contributed by atoms with E-state index in [0.717, 1.165) is 26.9 Å². The van der Waals surface area contributed by atoms with E-state index in [1.165, 1.54) is 36.0 Å². The number of nitro groups is 1. The van der Waals surface area contributed by atoms with E-state index in [4.69, 9.17) is 12.2 Å². The van der Waals surface area contributed by atoms with Crippen LogP contribution >= 0.6 is 24.0 Å². The Bertz CT molecular complexity index is 1680. The van der Waals surface area contributed by atoms with Gasteiger partial charge in [-0.2, -0.15) is 0 Å². The lowest BCUT2D eigenvalue weighted by Crippen LogP contribution is -2.30. The fourth-order valence-corrected chi connectivity index (χ4v) is 6.04. The van der Waals surface area contributed by atoms with E-state index in [9.17, 15) is 14.5 Å². The van der Waals surface area contributed by atoms with Gasteiger partial charge in [0.1, 0.15) is 11.9 Å². The van der Waals surface area contributed by atoms with Gasteiger partial charge in [-0.25, -0.2) is 4.39 Å². The number of nitrogens with one attached hydrogen (secondary N) is 1. The molecule has 3 heterocycles. The summed E-state index contributed by atoms with van der Waals surface area (Å²) >= 11 is 7.38. The van der Waals surface area contributed by atoms with Crippen LogP contribution < -0.4 is 10.2 Å². The zero-order valence-corrected chi connectivity index (χ0v) is 22.6. The summed E-state index contributed by atoms with van der Waals surface area (Å²) in [6, 6.07) is 30.2. The van der Waals surface area contributed by atoms with Crippen LogP contribution in [-0.4, -0.2) is 19.6 Å². The first kappa shape index (κ1) is 25.7. The van der Waals surface area contributed by atoms with Gasteiger partial charge in [-0.05, 0) is 91.1 Å². The van der Waals surface area contributed by atoms with Crippen molar-refractivity contribution in [3.8, 4) is 5.69 Å². The molecule has 0 radical (unpaired) electrons. The molecule has 7 nitrogen and oxygen atoms in total. The molecule has 1 N–H and O–H groups in total. The Labute approximate surface area is 239 Å². The van der Waals surface area contributed by atoms with Gasteiger partial charge in [-0.15, -0.1) is 0 Å². The number of pyridine rings is 1. The molecular formula is C30H22FN5O2S2. The first-order valence-electron chi connectivity index (χ1n) is 12.4. The summed E-state index contributed by atoms with van der Waals surface area (Å²) in [7, 11) is 0. The molecule has 0 amide bonds. The number of thiocarbonyl (C=S) groups is 1. The lowest BCUT2D eigenvalue weighted by molar-refractivity contribution is -0.384. The quantitative estimate of drug-likeness (QED) is 0.126. The number of anilines is 1. The summed E-state index contributed by atoms with van der Waals surface area (Å²) in [4.78, 5) is 19.1. The molecule has 1 aliphatic rings. The number of hydrogen-bond acceptors (Lipinski definition) is 5. The number of benzene rings is 3. The highest BCUT2D eigenvalue weighted by Gasteiger charge is 2.42. The van der Waals surface area contributed by atoms with E-state index in [-0.39, 0.29) is 23.6 Å². The van der Waals surface area contributed by atoms with Gasteiger partial charge >= 0.3 is 0 Å². The summed E-state index contributed by atoms with van der Waals surface area (Å²) in [5.74, 6) is -0.309. The lowest BCUT2D eigenvalue weighted by atomic mass is 10.0. The predicted molar refractivity (Wildman–Crippen MR) is 157 cm³/mol. The van der Waals surface area contributed by atoms with Crippen LogP contribution in [0.5, 0.6) is 0 Å². The largest absolute Gasteiger partial charge is 0.351 e. The van der Waals surface area contributed by atoms with Crippen LogP contribution in [0, 0.1) is 15.9 Å². The number of halogens is 1. The van der Waals surface area contributed by atoms with Gasteiger partial charge in [-0.1, -0.05) is 23.9 Å². The number of non-ortho nitro benzene ring substituents is 1. The zero-order chi connectivity index (χ0) is 27.6. The van der Waals surface area contributed by atoms with Crippen LogP contribution in [0.4, 0.5) is 15.8 Å². The van der Waals surface area contributed by atoms with Gasteiger partial charge in [-0.3, -0.25) is 15.1 Å². The molecule has 0 aliphatic carbocycles. The van der Waals surface area contributed by atoms with E-state index in [2.05, 4.69) is 15.2 Å². The molecule has 0 spiro atoms. The van der Waals surface area contributed by atoms with Gasteiger partial charge in [0.25, 0.3) is 5.69 Å². The number of nitro benzene ring substituents is 1. The zero-order valence-electron chi connectivity index (χ0n) is 20.9. The Morgan fingerprint density at radius 2 is 1.65 bits per heavy atom. The van der Waals surface area contributed by atoms with Crippen molar-refractivity contribution in [2.24, 2.45) is 0 Å². The molecule has 3 aromatic carbocycles. The van der Waals surface area contributed by atoms with Crippen molar-refractivity contribution in [1.29, 1.82) is 0 Å². The normalized spacial score (nSPS) is 16.6. The Morgan fingerprint density at radius 1 is 0.900 bits per heavy atom. The minimum Gasteiger partial charge on any atom is -0.351 e. The standard InChI is InChI=1S/C30H22FN5O2S2/c31-20-5-3-6-23(19-20)34-18-4-8-27(34)29-28(26-7-1-2-17-32-26)33-30(39)35(29)21-9-13-24(14-10-21)40-25-15-11-22(12-16-25)36(37)38/h1-19,28-29H,(H,33,39)/t28-,29+/m0/s1. The summed E-state index contributed by atoms with van der Waals surface area (Å²) < 4.78 is 16.1. The number of rotatable bonds is 7. The van der Waals surface area contributed by atoms with E-state index < -0.39 is 4.92 Å². The van der Waals surface area contributed by atoms with Crippen molar-refractivity contribution in [2.75, 3.05) is 4.90 Å². The Kier molecular flexibility index (Phi) is 7.02. The molecule has 1 saturated heterocycles. The fraction of sp³-hybridized carbons (Fsp3) is 0.0667. The second kappa shape index (κ2) is 10.9. The number of hydrogen-bond donors (Lipinski definition) is 1. The van der Waals surface area contributed by atoms with Gasteiger partial charge in [0.15, 0.2) is 5.11 Å². The first-order valence-corrected chi connectivity index (χ1v) is 13.7. The molecule has 6 rings (SSSR count). The average molecular weight is 568 g/mol. The molecule has 198 valence electrons. The van der Waals surface area contributed by atoms with Crippen molar-refractivity contribution in [1.82, 2.24) is 14.9 Å². The SMILES string of the molecule is O=[N+]([O-])c1ccc(Sc2ccc(N3C(=S)N[C@@H](c4ccccn4)[C@H]3c3cccn3-c3cccc(F)c3)cc2)cc1. The highest BCUT2D eigenvalue weighted by molar-refractivity contribution is 7.99. The molecular weight excluding hydrogens is 545 g/mol. The summed E-state index contributed by atoms with van der Waals surface area (Å²) in [5, 5.41) is 15.0. The first-order chi connectivity index (χ1) is 19.5. The Balaban J connectivity index is 1.36. The monoisotopic (exact) mass is 567 g/mol. The van der Waals surface area contributed by atoms with Gasteiger partial charge < -0.3 is 14.8 Å². The maximum atomic E-state index is 14.2. The highest BCUT2D eigenvalue weighted by Crippen LogP contribution is 2.43. The summed E-state index contributed by atoms with van der Waals surface area (Å²) in [6.45, 7) is 0. The number of aromatic nitrogens is 2. The van der Waals surface area contributed by atoms with Crippen molar-refractivity contribution in [3.63, 3.8) is 0 Å². The topological polar surface area (TPSA) is 76.2 Å². The van der Waals surface area contributed by atoms with Crippen LogP contribution in [-0.2, 0) is 0 Å². The van der Waals surface area contributed by atoms with Crippen LogP contribution in [0.1, 0.15) is 23.5 Å². The number of nitrogens with zero attached hydrogens (tertiary/aromatic N) is 4. The summed E-state index contributed by atoms with van der Waals surface area (Å²) in [5.41, 5.74) is 3.44. The molecule has 2 atom stereocenters. The van der Waals surface area contributed by atoms with Crippen LogP contribution in [0.15, 0.2) is 125 Å². The molecule has 1 aliphatic heterocycles. The van der Waals surface area contributed by atoms with Gasteiger partial charge in [0, 0.05) is 51.4 Å². The molecule has 0 bridgehead atoms. The molecule has 1 fully saturated rings. The average Bonchev–Trinajstić information content (AvgIpc) is 3.59. The molecule has 0 saturated carbocycles. The predicted octanol–water partition coefficient (Wildman–Crippen LogP) is 7.25. The molecule has 5 aromatic rings. The smallest absolute Gasteiger partial charge is 0.269 e. The molecule has 10 heteroatoms. The second-order valence-electron chi connectivity index (χ2n) is 9.13. The highest BCUT2D eigenvalue weighted by atomic mass is 32.2. The maximum Gasteiger partial charge on any atom is 0.269 e. The van der Waals surface area contributed by atoms with Crippen molar-refractivity contribution >= 4 is 40.5 Å². The van der Waals surface area contributed by atoms with Gasteiger partial charge in [0.2, 0.25) is 0 Å². The third-order valence-electron chi connectivity index (χ3n) is 6.67. The maximum absolute atomic E-state index is 14.2.